The van der Waals surface area contributed by atoms with E-state index in [0.717, 1.165) is 11.1 Å². The van der Waals surface area contributed by atoms with Crippen molar-refractivity contribution in [2.75, 3.05) is 7.05 Å². The van der Waals surface area contributed by atoms with Gasteiger partial charge in [-0.05, 0) is 29.5 Å². The molecule has 0 heterocycles. The summed E-state index contributed by atoms with van der Waals surface area (Å²) < 4.78 is 0. The fourth-order valence-corrected chi connectivity index (χ4v) is 1.52. The number of hydrogen-bond donors (Lipinski definition) is 1. The van der Waals surface area contributed by atoms with Crippen LogP contribution in [-0.4, -0.2) is 13.0 Å². The third kappa shape index (κ3) is 2.58. The van der Waals surface area contributed by atoms with E-state index < -0.39 is 0 Å². The SMILES string of the molecule is CNC(=O)c1ccc(C(C)(C)C)cc1C.[HH]. The largest absolute Gasteiger partial charge is 0.355 e. The Morgan fingerprint density at radius 2 is 1.93 bits per heavy atom. The molecule has 1 aromatic carbocycles. The molecule has 0 bridgehead atoms. The summed E-state index contributed by atoms with van der Waals surface area (Å²) in [6.45, 7) is 8.48. The molecule has 0 fully saturated rings. The minimum atomic E-state index is -0.0204. The second-order valence-electron chi connectivity index (χ2n) is 4.86. The van der Waals surface area contributed by atoms with Crippen molar-refractivity contribution in [1.82, 2.24) is 5.32 Å². The Morgan fingerprint density at radius 1 is 1.33 bits per heavy atom. The molecule has 0 spiro atoms. The number of carbonyl (C=O) groups excluding carboxylic acids is 1. The number of benzene rings is 1. The maximum Gasteiger partial charge on any atom is 0.251 e. The van der Waals surface area contributed by atoms with E-state index in [1.165, 1.54) is 5.56 Å². The normalized spacial score (nSPS) is 11.3. The third-order valence-corrected chi connectivity index (χ3v) is 2.56. The highest BCUT2D eigenvalue weighted by Gasteiger charge is 2.15. The second kappa shape index (κ2) is 4.05. The number of hydrogen-bond acceptors (Lipinski definition) is 1. The molecular formula is C13H21NO. The van der Waals surface area contributed by atoms with Crippen molar-refractivity contribution in [2.24, 2.45) is 0 Å². The monoisotopic (exact) mass is 207 g/mol. The Bertz CT molecular complexity index is 380. The predicted octanol–water partition coefficient (Wildman–Crippen LogP) is 2.90. The topological polar surface area (TPSA) is 29.1 Å². The van der Waals surface area contributed by atoms with Crippen LogP contribution in [0.15, 0.2) is 18.2 Å². The van der Waals surface area contributed by atoms with Gasteiger partial charge in [-0.2, -0.15) is 0 Å². The van der Waals surface area contributed by atoms with Gasteiger partial charge >= 0.3 is 0 Å². The van der Waals surface area contributed by atoms with Crippen molar-refractivity contribution in [3.63, 3.8) is 0 Å². The lowest BCUT2D eigenvalue weighted by Crippen LogP contribution is -2.20. The molecule has 0 aromatic heterocycles. The number of nitrogens with one attached hydrogen (secondary N) is 1. The highest BCUT2D eigenvalue weighted by atomic mass is 16.1. The van der Waals surface area contributed by atoms with Crippen LogP contribution >= 0.6 is 0 Å². The van der Waals surface area contributed by atoms with Crippen LogP contribution in [0.4, 0.5) is 0 Å². The fraction of sp³-hybridized carbons (Fsp3) is 0.462. The number of aryl methyl sites for hydroxylation is 1. The fourth-order valence-electron chi connectivity index (χ4n) is 1.52. The van der Waals surface area contributed by atoms with Gasteiger partial charge in [-0.3, -0.25) is 4.79 Å². The summed E-state index contributed by atoms with van der Waals surface area (Å²) in [6.07, 6.45) is 0. The number of carbonyl (C=O) groups is 1. The lowest BCUT2D eigenvalue weighted by molar-refractivity contribution is 0.0962. The van der Waals surface area contributed by atoms with E-state index in [-0.39, 0.29) is 12.7 Å². The summed E-state index contributed by atoms with van der Waals surface area (Å²) in [5.74, 6) is -0.0204. The van der Waals surface area contributed by atoms with E-state index in [9.17, 15) is 4.79 Å². The van der Waals surface area contributed by atoms with E-state index in [1.807, 2.05) is 19.1 Å². The van der Waals surface area contributed by atoms with Gasteiger partial charge in [-0.15, -0.1) is 0 Å². The van der Waals surface area contributed by atoms with Crippen LogP contribution in [0.1, 0.15) is 43.7 Å². The van der Waals surface area contributed by atoms with E-state index in [2.05, 4.69) is 32.2 Å². The molecule has 1 amide bonds. The van der Waals surface area contributed by atoms with Gasteiger partial charge in [0.25, 0.3) is 5.91 Å². The zero-order valence-corrected chi connectivity index (χ0v) is 10.1. The van der Waals surface area contributed by atoms with E-state index in [1.54, 1.807) is 7.05 Å². The molecule has 84 valence electrons. The van der Waals surface area contributed by atoms with Gasteiger partial charge in [0.1, 0.15) is 0 Å². The summed E-state index contributed by atoms with van der Waals surface area (Å²) in [5, 5.41) is 2.64. The molecule has 15 heavy (non-hydrogen) atoms. The zero-order chi connectivity index (χ0) is 11.6. The van der Waals surface area contributed by atoms with Crippen LogP contribution < -0.4 is 5.32 Å². The molecular weight excluding hydrogens is 186 g/mol. The van der Waals surface area contributed by atoms with Gasteiger partial charge in [-0.25, -0.2) is 0 Å². The maximum atomic E-state index is 11.5. The number of rotatable bonds is 1. The molecule has 0 radical (unpaired) electrons. The first kappa shape index (κ1) is 11.8. The van der Waals surface area contributed by atoms with E-state index >= 15 is 0 Å². The highest BCUT2D eigenvalue weighted by molar-refractivity contribution is 5.95. The molecule has 0 saturated carbocycles. The van der Waals surface area contributed by atoms with Crippen LogP contribution in [0, 0.1) is 6.92 Å². The van der Waals surface area contributed by atoms with Gasteiger partial charge in [0.05, 0.1) is 0 Å². The Balaban J connectivity index is 0.00000225. The van der Waals surface area contributed by atoms with Gasteiger partial charge in [-0.1, -0.05) is 32.9 Å². The smallest absolute Gasteiger partial charge is 0.251 e. The Hall–Kier alpha value is -1.31. The number of amides is 1. The van der Waals surface area contributed by atoms with Crippen LogP contribution in [0.5, 0.6) is 0 Å². The van der Waals surface area contributed by atoms with Gasteiger partial charge in [0.2, 0.25) is 0 Å². The molecule has 1 N–H and O–H groups in total. The van der Waals surface area contributed by atoms with Gasteiger partial charge in [0.15, 0.2) is 0 Å². The van der Waals surface area contributed by atoms with Crippen molar-refractivity contribution in [2.45, 2.75) is 33.1 Å². The second-order valence-corrected chi connectivity index (χ2v) is 4.86. The lowest BCUT2D eigenvalue weighted by atomic mass is 9.85. The quantitative estimate of drug-likeness (QED) is 0.753. The van der Waals surface area contributed by atoms with Crippen molar-refractivity contribution in [3.05, 3.63) is 34.9 Å². The van der Waals surface area contributed by atoms with E-state index in [0.29, 0.717) is 0 Å². The molecule has 0 atom stereocenters. The first-order chi connectivity index (χ1) is 6.86. The predicted molar refractivity (Wildman–Crippen MR) is 65.4 cm³/mol. The molecule has 0 aliphatic heterocycles. The Kier molecular flexibility index (Phi) is 3.18. The van der Waals surface area contributed by atoms with Crippen LogP contribution in [0.25, 0.3) is 0 Å². The molecule has 1 aromatic rings. The maximum absolute atomic E-state index is 11.5. The first-order valence-electron chi connectivity index (χ1n) is 5.19. The summed E-state index contributed by atoms with van der Waals surface area (Å²) in [7, 11) is 1.65. The Morgan fingerprint density at radius 3 is 2.33 bits per heavy atom. The molecule has 2 heteroatoms. The standard InChI is InChI=1S/C13H19NO.H2/c1-9-8-10(13(2,3)4)6-7-11(9)12(15)14-5;/h6-8H,1-5H3,(H,14,15);1H. The van der Waals surface area contributed by atoms with Gasteiger partial charge in [0, 0.05) is 14.0 Å². The summed E-state index contributed by atoms with van der Waals surface area (Å²) in [6, 6.07) is 6.01. The summed E-state index contributed by atoms with van der Waals surface area (Å²) >= 11 is 0. The molecule has 0 aliphatic rings. The van der Waals surface area contributed by atoms with E-state index in [4.69, 9.17) is 0 Å². The van der Waals surface area contributed by atoms with Crippen molar-refractivity contribution in [1.29, 1.82) is 0 Å². The van der Waals surface area contributed by atoms with Crippen LogP contribution in [0.3, 0.4) is 0 Å². The van der Waals surface area contributed by atoms with Crippen molar-refractivity contribution in [3.8, 4) is 0 Å². The van der Waals surface area contributed by atoms with Gasteiger partial charge < -0.3 is 5.32 Å². The summed E-state index contributed by atoms with van der Waals surface area (Å²) in [4.78, 5) is 11.5. The van der Waals surface area contributed by atoms with Crippen molar-refractivity contribution < 1.29 is 6.22 Å². The Labute approximate surface area is 93.2 Å². The average Bonchev–Trinajstić information content (AvgIpc) is 2.15. The zero-order valence-electron chi connectivity index (χ0n) is 10.1. The minimum Gasteiger partial charge on any atom is -0.355 e. The minimum absolute atomic E-state index is 0. The molecule has 0 aliphatic carbocycles. The van der Waals surface area contributed by atoms with Crippen molar-refractivity contribution >= 4 is 5.91 Å². The lowest BCUT2D eigenvalue weighted by Gasteiger charge is -2.20. The molecule has 2 nitrogen and oxygen atoms in total. The van der Waals surface area contributed by atoms with Crippen LogP contribution in [-0.2, 0) is 5.41 Å². The molecule has 1 rings (SSSR count). The first-order valence-corrected chi connectivity index (χ1v) is 5.19. The van der Waals surface area contributed by atoms with Crippen LogP contribution in [0.2, 0.25) is 0 Å². The average molecular weight is 207 g/mol. The summed E-state index contributed by atoms with van der Waals surface area (Å²) in [5.41, 5.74) is 3.17. The third-order valence-electron chi connectivity index (χ3n) is 2.56. The highest BCUT2D eigenvalue weighted by Crippen LogP contribution is 2.24. The molecule has 0 unspecified atom stereocenters. The molecule has 0 saturated heterocycles.